The summed E-state index contributed by atoms with van der Waals surface area (Å²) < 4.78 is 26.4. The second-order valence-corrected chi connectivity index (χ2v) is 8.88. The molecule has 31 heavy (non-hydrogen) atoms. The number of imidazole rings is 1. The first kappa shape index (κ1) is 22.5. The lowest BCUT2D eigenvalue weighted by Gasteiger charge is -2.21. The van der Waals surface area contributed by atoms with Crippen molar-refractivity contribution in [3.05, 3.63) is 72.2 Å². The fourth-order valence-corrected chi connectivity index (χ4v) is 3.87. The molecule has 164 valence electrons. The zero-order chi connectivity index (χ0) is 22.3. The minimum Gasteiger partial charge on any atom is -0.357 e. The van der Waals surface area contributed by atoms with E-state index in [1.54, 1.807) is 18.2 Å². The van der Waals surface area contributed by atoms with Crippen molar-refractivity contribution in [2.45, 2.75) is 24.9 Å². The lowest BCUT2D eigenvalue weighted by Crippen LogP contribution is -2.38. The van der Waals surface area contributed by atoms with Gasteiger partial charge in [0.1, 0.15) is 5.82 Å². The quantitative estimate of drug-likeness (QED) is 0.369. The van der Waals surface area contributed by atoms with Crippen molar-refractivity contribution < 1.29 is 8.42 Å². The van der Waals surface area contributed by atoms with Gasteiger partial charge in [0.25, 0.3) is 0 Å². The predicted molar refractivity (Wildman–Crippen MR) is 123 cm³/mol. The van der Waals surface area contributed by atoms with E-state index in [1.807, 2.05) is 61.5 Å². The highest BCUT2D eigenvalue weighted by Gasteiger charge is 2.12. The summed E-state index contributed by atoms with van der Waals surface area (Å²) >= 11 is 0. The van der Waals surface area contributed by atoms with Crippen LogP contribution in [0, 0.1) is 0 Å². The van der Waals surface area contributed by atoms with Gasteiger partial charge in [0.15, 0.2) is 5.96 Å². The van der Waals surface area contributed by atoms with Crippen molar-refractivity contribution in [3.8, 4) is 11.3 Å². The summed E-state index contributed by atoms with van der Waals surface area (Å²) in [5, 5.41) is 3.27. The molecule has 0 spiro atoms. The fourth-order valence-electron chi connectivity index (χ4n) is 3.07. The zero-order valence-electron chi connectivity index (χ0n) is 18.0. The molecule has 1 aromatic heterocycles. The van der Waals surface area contributed by atoms with Crippen molar-refractivity contribution in [1.82, 2.24) is 24.9 Å². The molecular weight excluding hydrogens is 412 g/mol. The number of guanidine groups is 1. The standard InChI is InChI=1S/C22H28N6O2S/c1-4-24-22(26-14-17-9-8-12-19(13-17)31(29,30)23-2)28(3)16-21-25-15-20(27-21)18-10-6-5-7-11-18/h5-13,15,23H,4,14,16H2,1-3H3,(H,24,26)(H,25,27). The molecule has 0 bridgehead atoms. The van der Waals surface area contributed by atoms with Crippen molar-refractivity contribution in [2.75, 3.05) is 20.6 Å². The largest absolute Gasteiger partial charge is 0.357 e. The van der Waals surface area contributed by atoms with Crippen molar-refractivity contribution in [3.63, 3.8) is 0 Å². The molecule has 0 atom stereocenters. The van der Waals surface area contributed by atoms with E-state index in [0.717, 1.165) is 22.6 Å². The van der Waals surface area contributed by atoms with E-state index in [9.17, 15) is 8.42 Å². The van der Waals surface area contributed by atoms with Gasteiger partial charge in [-0.2, -0.15) is 0 Å². The Kier molecular flexibility index (Phi) is 7.43. The van der Waals surface area contributed by atoms with Crippen LogP contribution in [0.1, 0.15) is 18.3 Å². The Labute approximate surface area is 183 Å². The maximum absolute atomic E-state index is 12.0. The van der Waals surface area contributed by atoms with Crippen molar-refractivity contribution in [2.24, 2.45) is 4.99 Å². The molecule has 3 rings (SSSR count). The van der Waals surface area contributed by atoms with Crippen LogP contribution < -0.4 is 10.0 Å². The van der Waals surface area contributed by atoms with Gasteiger partial charge in [-0.05, 0) is 37.2 Å². The summed E-state index contributed by atoms with van der Waals surface area (Å²) in [4.78, 5) is 14.7. The van der Waals surface area contributed by atoms with Crippen LogP contribution in [-0.2, 0) is 23.1 Å². The average Bonchev–Trinajstić information content (AvgIpc) is 3.26. The molecule has 0 saturated heterocycles. The lowest BCUT2D eigenvalue weighted by molar-refractivity contribution is 0.464. The van der Waals surface area contributed by atoms with Crippen LogP contribution in [-0.4, -0.2) is 49.9 Å². The second-order valence-electron chi connectivity index (χ2n) is 6.99. The summed E-state index contributed by atoms with van der Waals surface area (Å²) in [7, 11) is -0.146. The van der Waals surface area contributed by atoms with Gasteiger partial charge >= 0.3 is 0 Å². The average molecular weight is 441 g/mol. The summed E-state index contributed by atoms with van der Waals surface area (Å²) in [6, 6.07) is 16.8. The summed E-state index contributed by atoms with van der Waals surface area (Å²) in [5.74, 6) is 1.54. The number of nitrogens with zero attached hydrogens (tertiary/aromatic N) is 3. The van der Waals surface area contributed by atoms with Crippen molar-refractivity contribution >= 4 is 16.0 Å². The van der Waals surface area contributed by atoms with Gasteiger partial charge < -0.3 is 15.2 Å². The number of aromatic amines is 1. The molecule has 0 aliphatic heterocycles. The molecule has 9 heteroatoms. The third kappa shape index (κ3) is 5.93. The van der Waals surface area contributed by atoms with E-state index >= 15 is 0 Å². The van der Waals surface area contributed by atoms with Gasteiger partial charge in [-0.1, -0.05) is 42.5 Å². The number of aromatic nitrogens is 2. The van der Waals surface area contributed by atoms with Crippen LogP contribution in [0.5, 0.6) is 0 Å². The predicted octanol–water partition coefficient (Wildman–Crippen LogP) is 2.58. The van der Waals surface area contributed by atoms with Crippen molar-refractivity contribution in [1.29, 1.82) is 0 Å². The Balaban J connectivity index is 1.72. The molecule has 0 aliphatic carbocycles. The number of H-pyrrole nitrogens is 1. The van der Waals surface area contributed by atoms with E-state index < -0.39 is 10.0 Å². The molecule has 0 aliphatic rings. The summed E-state index contributed by atoms with van der Waals surface area (Å²) in [6.07, 6.45) is 1.83. The molecule has 0 fully saturated rings. The molecule has 8 nitrogen and oxygen atoms in total. The third-order valence-electron chi connectivity index (χ3n) is 4.69. The number of hydrogen-bond donors (Lipinski definition) is 3. The molecule has 0 radical (unpaired) electrons. The zero-order valence-corrected chi connectivity index (χ0v) is 18.8. The molecule has 0 unspecified atom stereocenters. The first-order valence-electron chi connectivity index (χ1n) is 10.0. The van der Waals surface area contributed by atoms with E-state index in [0.29, 0.717) is 25.6 Å². The van der Waals surface area contributed by atoms with Crippen LogP contribution in [0.3, 0.4) is 0 Å². The van der Waals surface area contributed by atoms with Crippen LogP contribution in [0.15, 0.2) is 70.7 Å². The molecule has 3 N–H and O–H groups in total. The van der Waals surface area contributed by atoms with E-state index in [1.165, 1.54) is 7.05 Å². The first-order valence-corrected chi connectivity index (χ1v) is 11.5. The first-order chi connectivity index (χ1) is 14.9. The lowest BCUT2D eigenvalue weighted by atomic mass is 10.2. The highest BCUT2D eigenvalue weighted by molar-refractivity contribution is 7.89. The van der Waals surface area contributed by atoms with E-state index in [4.69, 9.17) is 0 Å². The maximum atomic E-state index is 12.0. The summed E-state index contributed by atoms with van der Waals surface area (Å²) in [6.45, 7) is 3.62. The number of aliphatic imine (C=N–C) groups is 1. The molecule has 0 amide bonds. The van der Waals surface area contributed by atoms with Gasteiger partial charge in [-0.15, -0.1) is 0 Å². The van der Waals surface area contributed by atoms with Crippen LogP contribution in [0.4, 0.5) is 0 Å². The third-order valence-corrected chi connectivity index (χ3v) is 6.10. The minimum atomic E-state index is -3.48. The monoisotopic (exact) mass is 440 g/mol. The number of nitrogens with one attached hydrogen (secondary N) is 3. The van der Waals surface area contributed by atoms with Gasteiger partial charge in [0.2, 0.25) is 10.0 Å². The number of sulfonamides is 1. The van der Waals surface area contributed by atoms with Gasteiger partial charge in [0, 0.05) is 13.6 Å². The van der Waals surface area contributed by atoms with Crippen LogP contribution in [0.2, 0.25) is 0 Å². The minimum absolute atomic E-state index is 0.227. The highest BCUT2D eigenvalue weighted by atomic mass is 32.2. The van der Waals surface area contributed by atoms with Gasteiger partial charge in [-0.25, -0.2) is 23.1 Å². The smallest absolute Gasteiger partial charge is 0.240 e. The van der Waals surface area contributed by atoms with Crippen LogP contribution in [0.25, 0.3) is 11.3 Å². The number of hydrogen-bond acceptors (Lipinski definition) is 4. The number of benzene rings is 2. The van der Waals surface area contributed by atoms with E-state index in [2.05, 4.69) is 25.0 Å². The Morgan fingerprint density at radius 3 is 2.65 bits per heavy atom. The Hall–Kier alpha value is -3.17. The van der Waals surface area contributed by atoms with Gasteiger partial charge in [-0.3, -0.25) is 0 Å². The van der Waals surface area contributed by atoms with Gasteiger partial charge in [0.05, 0.1) is 29.9 Å². The highest BCUT2D eigenvalue weighted by Crippen LogP contribution is 2.17. The SMILES string of the molecule is CCNC(=NCc1cccc(S(=O)(=O)NC)c1)N(C)Cc1ncc(-c2ccccc2)[nH]1. The van der Waals surface area contributed by atoms with E-state index in [-0.39, 0.29) is 4.90 Å². The normalized spacial score (nSPS) is 12.0. The molecular formula is C22H28N6O2S. The topological polar surface area (TPSA) is 102 Å². The van der Waals surface area contributed by atoms with Crippen LogP contribution >= 0.6 is 0 Å². The maximum Gasteiger partial charge on any atom is 0.240 e. The second kappa shape index (κ2) is 10.2. The Morgan fingerprint density at radius 1 is 1.16 bits per heavy atom. The Morgan fingerprint density at radius 2 is 1.94 bits per heavy atom. The molecule has 2 aromatic carbocycles. The fraction of sp³-hybridized carbons (Fsp3) is 0.273. The number of rotatable bonds is 8. The summed E-state index contributed by atoms with van der Waals surface area (Å²) in [5.41, 5.74) is 2.86. The molecule has 0 saturated carbocycles. The molecule has 1 heterocycles. The Bertz CT molecular complexity index is 1130. The molecule has 3 aromatic rings.